The largest absolute Gasteiger partial charge is 0.385 e. The normalized spacial score (nSPS) is 16.1. The second-order valence-electron chi connectivity index (χ2n) is 6.76. The Balaban J connectivity index is 1.58. The minimum absolute atomic E-state index is 0.0336. The molecule has 0 saturated heterocycles. The van der Waals surface area contributed by atoms with E-state index in [0.29, 0.717) is 11.4 Å². The number of hydrogen-bond acceptors (Lipinski definition) is 5. The molecule has 0 fully saturated rings. The number of ketones is 1. The number of aryl methyl sites for hydroxylation is 2. The number of para-hydroxylation sites is 1. The van der Waals surface area contributed by atoms with Crippen molar-refractivity contribution in [1.29, 1.82) is 0 Å². The topological polar surface area (TPSA) is 105 Å². The van der Waals surface area contributed by atoms with E-state index >= 15 is 0 Å². The first kappa shape index (κ1) is 19.3. The lowest BCUT2D eigenvalue weighted by atomic mass is 9.98. The molecule has 0 unspecified atom stereocenters. The van der Waals surface area contributed by atoms with Crippen LogP contribution in [0.1, 0.15) is 24.0 Å². The van der Waals surface area contributed by atoms with Gasteiger partial charge >= 0.3 is 0 Å². The first-order valence-electron chi connectivity index (χ1n) is 8.99. The van der Waals surface area contributed by atoms with Gasteiger partial charge in [-0.15, -0.1) is 0 Å². The van der Waals surface area contributed by atoms with Crippen LogP contribution < -0.4 is 16.1 Å². The average Bonchev–Trinajstić information content (AvgIpc) is 2.98. The van der Waals surface area contributed by atoms with E-state index in [2.05, 4.69) is 10.4 Å². The monoisotopic (exact) mass is 378 g/mol. The molecule has 2 aromatic rings. The Morgan fingerprint density at radius 3 is 2.46 bits per heavy atom. The SMILES string of the molecule is Cc1ccc(NC(=O)CCC(=O)[C@H]2C(=O)N(c3ccccc3)N=C2N)cc1C. The fourth-order valence-electron chi connectivity index (χ4n) is 2.95. The molecule has 0 saturated carbocycles. The summed E-state index contributed by atoms with van der Waals surface area (Å²) in [4.78, 5) is 37.2. The summed E-state index contributed by atoms with van der Waals surface area (Å²) < 4.78 is 0. The van der Waals surface area contributed by atoms with Crippen LogP contribution in [0, 0.1) is 19.8 Å². The number of carbonyl (C=O) groups is 3. The van der Waals surface area contributed by atoms with Crippen LogP contribution in [0.4, 0.5) is 11.4 Å². The number of hydrogen-bond donors (Lipinski definition) is 2. The van der Waals surface area contributed by atoms with E-state index in [1.54, 1.807) is 24.3 Å². The molecule has 28 heavy (non-hydrogen) atoms. The zero-order chi connectivity index (χ0) is 20.3. The number of hydrazone groups is 1. The molecule has 0 aromatic heterocycles. The number of nitrogens with zero attached hydrogens (tertiary/aromatic N) is 2. The lowest BCUT2D eigenvalue weighted by Gasteiger charge is -2.13. The maximum atomic E-state index is 12.6. The number of nitrogens with two attached hydrogens (primary N) is 1. The average molecular weight is 378 g/mol. The summed E-state index contributed by atoms with van der Waals surface area (Å²) in [7, 11) is 0. The first-order valence-corrected chi connectivity index (χ1v) is 8.99. The highest BCUT2D eigenvalue weighted by atomic mass is 16.2. The van der Waals surface area contributed by atoms with Crippen molar-refractivity contribution in [2.45, 2.75) is 26.7 Å². The minimum Gasteiger partial charge on any atom is -0.385 e. The van der Waals surface area contributed by atoms with E-state index in [1.807, 2.05) is 38.1 Å². The van der Waals surface area contributed by atoms with Gasteiger partial charge in [0, 0.05) is 18.5 Å². The van der Waals surface area contributed by atoms with Crippen molar-refractivity contribution in [2.24, 2.45) is 16.8 Å². The Morgan fingerprint density at radius 2 is 1.79 bits per heavy atom. The van der Waals surface area contributed by atoms with Gasteiger partial charge in [-0.1, -0.05) is 24.3 Å². The third-order valence-corrected chi connectivity index (χ3v) is 4.68. The third-order valence-electron chi connectivity index (χ3n) is 4.68. The Hall–Kier alpha value is -3.48. The van der Waals surface area contributed by atoms with Gasteiger partial charge in [0.15, 0.2) is 11.7 Å². The van der Waals surface area contributed by atoms with Gasteiger partial charge in [0.25, 0.3) is 5.91 Å². The molecule has 0 aliphatic carbocycles. The Morgan fingerprint density at radius 1 is 1.07 bits per heavy atom. The van der Waals surface area contributed by atoms with Gasteiger partial charge in [-0.2, -0.15) is 10.1 Å². The molecule has 2 amide bonds. The van der Waals surface area contributed by atoms with Gasteiger partial charge in [-0.25, -0.2) is 0 Å². The summed E-state index contributed by atoms with van der Waals surface area (Å²) in [5.41, 5.74) is 9.24. The van der Waals surface area contributed by atoms with Crippen LogP contribution in [0.25, 0.3) is 0 Å². The molecular weight excluding hydrogens is 356 g/mol. The van der Waals surface area contributed by atoms with E-state index in [-0.39, 0.29) is 24.6 Å². The van der Waals surface area contributed by atoms with Crippen molar-refractivity contribution in [3.8, 4) is 0 Å². The molecule has 144 valence electrons. The molecule has 7 heteroatoms. The predicted octanol–water partition coefficient (Wildman–Crippen LogP) is 2.53. The van der Waals surface area contributed by atoms with Crippen molar-refractivity contribution >= 4 is 34.8 Å². The summed E-state index contributed by atoms with van der Waals surface area (Å²) in [6, 6.07) is 14.4. The van der Waals surface area contributed by atoms with Gasteiger partial charge in [-0.3, -0.25) is 14.4 Å². The van der Waals surface area contributed by atoms with Crippen molar-refractivity contribution < 1.29 is 14.4 Å². The molecule has 0 bridgehead atoms. The van der Waals surface area contributed by atoms with Gasteiger partial charge < -0.3 is 11.1 Å². The highest BCUT2D eigenvalue weighted by Crippen LogP contribution is 2.24. The van der Waals surface area contributed by atoms with Gasteiger partial charge in [0.05, 0.1) is 5.69 Å². The van der Waals surface area contributed by atoms with Crippen molar-refractivity contribution in [1.82, 2.24) is 0 Å². The lowest BCUT2D eigenvalue weighted by Crippen LogP contribution is -2.36. The number of anilines is 2. The van der Waals surface area contributed by atoms with Crippen molar-refractivity contribution in [2.75, 3.05) is 10.3 Å². The van der Waals surface area contributed by atoms with Crippen LogP contribution in [0.3, 0.4) is 0 Å². The van der Waals surface area contributed by atoms with Crippen LogP contribution in [0.5, 0.6) is 0 Å². The standard InChI is InChI=1S/C21H22N4O3/c1-13-8-9-15(12-14(13)2)23-18(27)11-10-17(26)19-20(22)24-25(21(19)28)16-6-4-3-5-7-16/h3-9,12,19H,10-11H2,1-2H3,(H2,22,24)(H,23,27)/t19-/m1/s1. The third kappa shape index (κ3) is 4.09. The molecule has 3 rings (SSSR count). The summed E-state index contributed by atoms with van der Waals surface area (Å²) in [6.45, 7) is 3.95. The second kappa shape index (κ2) is 8.04. The molecule has 3 N–H and O–H groups in total. The predicted molar refractivity (Wildman–Crippen MR) is 108 cm³/mol. The Labute approximate surface area is 163 Å². The maximum absolute atomic E-state index is 12.6. The quantitative estimate of drug-likeness (QED) is 0.754. The smallest absolute Gasteiger partial charge is 0.265 e. The van der Waals surface area contributed by atoms with Crippen molar-refractivity contribution in [3.63, 3.8) is 0 Å². The summed E-state index contributed by atoms with van der Waals surface area (Å²) in [6.07, 6.45) is -0.125. The van der Waals surface area contributed by atoms with Crippen molar-refractivity contribution in [3.05, 3.63) is 59.7 Å². The number of amidine groups is 1. The molecule has 0 spiro atoms. The fourth-order valence-corrected chi connectivity index (χ4v) is 2.95. The van der Waals surface area contributed by atoms with Crippen LogP contribution >= 0.6 is 0 Å². The fraction of sp³-hybridized carbons (Fsp3) is 0.238. The molecule has 1 heterocycles. The van der Waals surface area contributed by atoms with E-state index in [0.717, 1.165) is 16.1 Å². The number of rotatable bonds is 6. The molecule has 7 nitrogen and oxygen atoms in total. The number of carbonyl (C=O) groups excluding carboxylic acids is 3. The maximum Gasteiger partial charge on any atom is 0.265 e. The highest BCUT2D eigenvalue weighted by molar-refractivity contribution is 6.26. The number of benzene rings is 2. The Bertz CT molecular complexity index is 953. The second-order valence-corrected chi connectivity index (χ2v) is 6.76. The molecular formula is C21H22N4O3. The van der Waals surface area contributed by atoms with Crippen LogP contribution in [0.15, 0.2) is 53.6 Å². The Kier molecular flexibility index (Phi) is 5.54. The zero-order valence-electron chi connectivity index (χ0n) is 15.8. The van der Waals surface area contributed by atoms with Gasteiger partial charge in [0.2, 0.25) is 5.91 Å². The van der Waals surface area contributed by atoms with Crippen LogP contribution in [-0.4, -0.2) is 23.4 Å². The lowest BCUT2D eigenvalue weighted by molar-refractivity contribution is -0.130. The summed E-state index contributed by atoms with van der Waals surface area (Å²) >= 11 is 0. The van der Waals surface area contributed by atoms with E-state index in [1.165, 1.54) is 0 Å². The zero-order valence-corrected chi connectivity index (χ0v) is 15.8. The number of nitrogens with one attached hydrogen (secondary N) is 1. The summed E-state index contributed by atoms with van der Waals surface area (Å²) in [5.74, 6) is -2.40. The number of amides is 2. The van der Waals surface area contributed by atoms with Crippen LogP contribution in [0.2, 0.25) is 0 Å². The molecule has 0 radical (unpaired) electrons. The van der Waals surface area contributed by atoms with Gasteiger partial charge in [-0.05, 0) is 49.2 Å². The summed E-state index contributed by atoms with van der Waals surface area (Å²) in [5, 5.41) is 7.91. The van der Waals surface area contributed by atoms with Crippen LogP contribution in [-0.2, 0) is 14.4 Å². The molecule has 2 aromatic carbocycles. The van der Waals surface area contributed by atoms with E-state index in [4.69, 9.17) is 5.73 Å². The molecule has 1 aliphatic rings. The van der Waals surface area contributed by atoms with E-state index < -0.39 is 17.6 Å². The van der Waals surface area contributed by atoms with Gasteiger partial charge in [0.1, 0.15) is 5.84 Å². The first-order chi connectivity index (χ1) is 13.4. The number of Topliss-reactive ketones (excluding diaryl/α,β-unsaturated/α-hetero) is 1. The highest BCUT2D eigenvalue weighted by Gasteiger charge is 2.40. The molecule has 1 atom stereocenters. The minimum atomic E-state index is -1.14. The molecule has 1 aliphatic heterocycles. The van der Waals surface area contributed by atoms with E-state index in [9.17, 15) is 14.4 Å².